The van der Waals surface area contributed by atoms with Gasteiger partial charge in [0.1, 0.15) is 0 Å². The summed E-state index contributed by atoms with van der Waals surface area (Å²) in [4.78, 5) is 11.2. The molecule has 0 saturated carbocycles. The fourth-order valence-electron chi connectivity index (χ4n) is 1.90. The number of ether oxygens (including phenoxy) is 3. The summed E-state index contributed by atoms with van der Waals surface area (Å²) in [6.45, 7) is 4.92. The van der Waals surface area contributed by atoms with E-state index >= 15 is 0 Å². The summed E-state index contributed by atoms with van der Waals surface area (Å²) in [5.74, 6) is 1.07. The minimum atomic E-state index is -0.284. The second-order valence-corrected chi connectivity index (χ2v) is 5.26. The van der Waals surface area contributed by atoms with E-state index in [1.807, 2.05) is 26.0 Å². The van der Waals surface area contributed by atoms with Crippen LogP contribution in [0, 0.1) is 0 Å². The summed E-state index contributed by atoms with van der Waals surface area (Å²) in [6, 6.07) is 3.43. The molecule has 0 spiro atoms. The van der Waals surface area contributed by atoms with Crippen molar-refractivity contribution in [2.24, 2.45) is 5.73 Å². The van der Waals surface area contributed by atoms with Gasteiger partial charge in [-0.15, -0.1) is 0 Å². The van der Waals surface area contributed by atoms with Crippen molar-refractivity contribution < 1.29 is 19.0 Å². The highest BCUT2D eigenvalue weighted by Gasteiger charge is 2.17. The molecule has 0 heterocycles. The number of hydrogen-bond acceptors (Lipinski definition) is 5. The molecule has 0 aliphatic carbocycles. The monoisotopic (exact) mass is 359 g/mol. The van der Waals surface area contributed by atoms with E-state index in [0.717, 1.165) is 10.0 Å². The number of nitrogens with two attached hydrogens (primary N) is 1. The topological polar surface area (TPSA) is 70.8 Å². The third kappa shape index (κ3) is 5.21. The summed E-state index contributed by atoms with van der Waals surface area (Å²) in [5, 5.41) is 0. The molecule has 0 aliphatic heterocycles. The first-order valence-corrected chi connectivity index (χ1v) is 7.74. The van der Waals surface area contributed by atoms with E-state index in [4.69, 9.17) is 15.2 Å². The Hall–Kier alpha value is -1.27. The third-order valence-corrected chi connectivity index (χ3v) is 3.64. The van der Waals surface area contributed by atoms with Gasteiger partial charge in [-0.2, -0.15) is 0 Å². The molecule has 0 radical (unpaired) electrons. The van der Waals surface area contributed by atoms with Gasteiger partial charge in [-0.25, -0.2) is 0 Å². The Kier molecular flexibility index (Phi) is 7.53. The minimum absolute atomic E-state index is 0.266. The van der Waals surface area contributed by atoms with Gasteiger partial charge in [-0.05, 0) is 38.0 Å². The molecule has 0 amide bonds. The van der Waals surface area contributed by atoms with Crippen molar-refractivity contribution in [3.8, 4) is 11.5 Å². The number of carbonyl (C=O) groups excluding carboxylic acids is 1. The van der Waals surface area contributed by atoms with Crippen molar-refractivity contribution >= 4 is 21.9 Å². The van der Waals surface area contributed by atoms with Crippen LogP contribution in [0.2, 0.25) is 0 Å². The van der Waals surface area contributed by atoms with Gasteiger partial charge in [0.2, 0.25) is 0 Å². The zero-order valence-electron chi connectivity index (χ0n) is 12.6. The van der Waals surface area contributed by atoms with Crippen LogP contribution in [0.4, 0.5) is 0 Å². The highest BCUT2D eigenvalue weighted by atomic mass is 79.9. The highest BCUT2D eigenvalue weighted by Crippen LogP contribution is 2.37. The molecule has 5 nitrogen and oxygen atoms in total. The van der Waals surface area contributed by atoms with Crippen LogP contribution >= 0.6 is 15.9 Å². The van der Waals surface area contributed by atoms with Crippen LogP contribution in [0.25, 0.3) is 0 Å². The molecule has 2 N–H and O–H groups in total. The second-order valence-electron chi connectivity index (χ2n) is 4.41. The standard InChI is InChI=1S/C15H22BrNO4/c1-4-20-13-8-10(11(16)9-14(13)21-5-2)12(17)6-7-15(18)19-3/h8-9,12H,4-7,17H2,1-3H3. The third-order valence-electron chi connectivity index (χ3n) is 2.95. The van der Waals surface area contributed by atoms with E-state index in [1.165, 1.54) is 7.11 Å². The quantitative estimate of drug-likeness (QED) is 0.721. The Balaban J connectivity index is 2.95. The number of halogens is 1. The molecule has 118 valence electrons. The van der Waals surface area contributed by atoms with Crippen LogP contribution in [0.1, 0.15) is 38.3 Å². The van der Waals surface area contributed by atoms with Crippen molar-refractivity contribution in [3.05, 3.63) is 22.2 Å². The average molecular weight is 360 g/mol. The molecule has 0 aromatic heterocycles. The maximum atomic E-state index is 11.2. The van der Waals surface area contributed by atoms with Gasteiger partial charge in [0.15, 0.2) is 11.5 Å². The van der Waals surface area contributed by atoms with Crippen LogP contribution in [-0.4, -0.2) is 26.3 Å². The van der Waals surface area contributed by atoms with E-state index in [0.29, 0.717) is 31.1 Å². The predicted molar refractivity (Wildman–Crippen MR) is 84.7 cm³/mol. The van der Waals surface area contributed by atoms with Gasteiger partial charge in [-0.1, -0.05) is 15.9 Å². The van der Waals surface area contributed by atoms with Crippen molar-refractivity contribution in [2.75, 3.05) is 20.3 Å². The molecule has 1 atom stereocenters. The van der Waals surface area contributed by atoms with Crippen molar-refractivity contribution in [1.82, 2.24) is 0 Å². The van der Waals surface area contributed by atoms with Crippen LogP contribution in [0.15, 0.2) is 16.6 Å². The minimum Gasteiger partial charge on any atom is -0.490 e. The zero-order valence-corrected chi connectivity index (χ0v) is 14.2. The largest absolute Gasteiger partial charge is 0.490 e. The molecule has 6 heteroatoms. The molecule has 0 fully saturated rings. The summed E-state index contributed by atoms with van der Waals surface area (Å²) in [7, 11) is 1.37. The molecule has 0 saturated heterocycles. The Morgan fingerprint density at radius 2 is 1.81 bits per heavy atom. The number of carbonyl (C=O) groups is 1. The SMILES string of the molecule is CCOc1cc(Br)c(C(N)CCC(=O)OC)cc1OCC. The molecule has 1 unspecified atom stereocenters. The molecular weight excluding hydrogens is 338 g/mol. The summed E-state index contributed by atoms with van der Waals surface area (Å²) in [5.41, 5.74) is 7.03. The highest BCUT2D eigenvalue weighted by molar-refractivity contribution is 9.10. The smallest absolute Gasteiger partial charge is 0.305 e. The molecule has 21 heavy (non-hydrogen) atoms. The maximum absolute atomic E-state index is 11.2. The fraction of sp³-hybridized carbons (Fsp3) is 0.533. The van der Waals surface area contributed by atoms with E-state index < -0.39 is 0 Å². The molecule has 0 aliphatic rings. The van der Waals surface area contributed by atoms with Crippen LogP contribution in [-0.2, 0) is 9.53 Å². The Morgan fingerprint density at radius 3 is 2.33 bits per heavy atom. The van der Waals surface area contributed by atoms with Crippen LogP contribution in [0.3, 0.4) is 0 Å². The molecule has 1 aromatic rings. The van der Waals surface area contributed by atoms with Gasteiger partial charge >= 0.3 is 5.97 Å². The second kappa shape index (κ2) is 8.89. The zero-order chi connectivity index (χ0) is 15.8. The van der Waals surface area contributed by atoms with Gasteiger partial charge in [0, 0.05) is 16.9 Å². The first-order chi connectivity index (χ1) is 10.0. The van der Waals surface area contributed by atoms with Gasteiger partial charge in [-0.3, -0.25) is 4.79 Å². The van der Waals surface area contributed by atoms with Crippen molar-refractivity contribution in [2.45, 2.75) is 32.7 Å². The first kappa shape index (κ1) is 17.8. The lowest BCUT2D eigenvalue weighted by Gasteiger charge is -2.18. The number of hydrogen-bond donors (Lipinski definition) is 1. The Morgan fingerprint density at radius 1 is 1.24 bits per heavy atom. The van der Waals surface area contributed by atoms with E-state index in [2.05, 4.69) is 20.7 Å². The number of rotatable bonds is 8. The molecule has 1 aromatic carbocycles. The summed E-state index contributed by atoms with van der Waals surface area (Å²) in [6.07, 6.45) is 0.784. The average Bonchev–Trinajstić information content (AvgIpc) is 2.47. The first-order valence-electron chi connectivity index (χ1n) is 6.94. The van der Waals surface area contributed by atoms with E-state index in [9.17, 15) is 4.79 Å². The van der Waals surface area contributed by atoms with Gasteiger partial charge < -0.3 is 19.9 Å². The molecular formula is C15H22BrNO4. The number of benzene rings is 1. The lowest BCUT2D eigenvalue weighted by Crippen LogP contribution is -2.14. The van der Waals surface area contributed by atoms with Crippen molar-refractivity contribution in [1.29, 1.82) is 0 Å². The summed E-state index contributed by atoms with van der Waals surface area (Å²) < 4.78 is 16.6. The van der Waals surface area contributed by atoms with Crippen molar-refractivity contribution in [3.63, 3.8) is 0 Å². The number of methoxy groups -OCH3 is 1. The maximum Gasteiger partial charge on any atom is 0.305 e. The predicted octanol–water partition coefficient (Wildman–Crippen LogP) is 3.20. The molecule has 0 bridgehead atoms. The summed E-state index contributed by atoms with van der Waals surface area (Å²) >= 11 is 3.50. The van der Waals surface area contributed by atoms with Gasteiger partial charge in [0.25, 0.3) is 0 Å². The molecule has 1 rings (SSSR count). The fourth-order valence-corrected chi connectivity index (χ4v) is 2.52. The Bertz CT molecular complexity index is 479. The Labute approximate surface area is 133 Å². The van der Waals surface area contributed by atoms with Crippen LogP contribution in [0.5, 0.6) is 11.5 Å². The normalized spacial score (nSPS) is 11.9. The van der Waals surface area contributed by atoms with Gasteiger partial charge in [0.05, 0.1) is 20.3 Å². The van der Waals surface area contributed by atoms with E-state index in [1.54, 1.807) is 0 Å². The lowest BCUT2D eigenvalue weighted by molar-refractivity contribution is -0.140. The van der Waals surface area contributed by atoms with E-state index in [-0.39, 0.29) is 18.4 Å². The van der Waals surface area contributed by atoms with Crippen LogP contribution < -0.4 is 15.2 Å². The lowest BCUT2D eigenvalue weighted by atomic mass is 10.0. The number of esters is 1.